The van der Waals surface area contributed by atoms with E-state index in [4.69, 9.17) is 0 Å². The van der Waals surface area contributed by atoms with Crippen LogP contribution in [0.4, 0.5) is 5.00 Å². The highest BCUT2D eigenvalue weighted by atomic mass is 127. The number of nitriles is 1. The van der Waals surface area contributed by atoms with Gasteiger partial charge >= 0.3 is 0 Å². The number of aliphatic imine (C=N–C) groups is 1. The molecule has 134 valence electrons. The summed E-state index contributed by atoms with van der Waals surface area (Å²) in [5.41, 5.74) is 4.34. The largest absolute Gasteiger partial charge is 0.294 e. The molecular formula is C22H18IN3S. The van der Waals surface area contributed by atoms with Crippen molar-refractivity contribution in [1.29, 1.82) is 5.26 Å². The molecule has 5 heteroatoms. The smallest absolute Gasteiger partial charge is 0.134 e. The molecule has 27 heavy (non-hydrogen) atoms. The Bertz CT molecular complexity index is 1020. The zero-order chi connectivity index (χ0) is 18.6. The SMILES string of the molecule is N#Cc1c(/N=C\c2cccc(I)c2)sc2c1CCN(Cc1ccccc1)C2. The molecule has 0 atom stereocenters. The van der Waals surface area contributed by atoms with Gasteiger partial charge in [-0.25, -0.2) is 4.99 Å². The van der Waals surface area contributed by atoms with Crippen LogP contribution in [0.3, 0.4) is 0 Å². The van der Waals surface area contributed by atoms with Gasteiger partial charge in [-0.3, -0.25) is 4.90 Å². The molecule has 3 aromatic rings. The predicted octanol–water partition coefficient (Wildman–Crippen LogP) is 5.53. The Morgan fingerprint density at radius 1 is 1.19 bits per heavy atom. The third-order valence-corrected chi connectivity index (χ3v) is 6.45. The number of halogens is 1. The van der Waals surface area contributed by atoms with Gasteiger partial charge in [-0.1, -0.05) is 42.5 Å². The summed E-state index contributed by atoms with van der Waals surface area (Å²) < 4.78 is 1.18. The van der Waals surface area contributed by atoms with Crippen molar-refractivity contribution in [2.45, 2.75) is 19.5 Å². The van der Waals surface area contributed by atoms with Crippen molar-refractivity contribution < 1.29 is 0 Å². The molecule has 0 fully saturated rings. The molecule has 3 nitrogen and oxygen atoms in total. The van der Waals surface area contributed by atoms with E-state index in [2.05, 4.69) is 75.0 Å². The molecule has 1 aliphatic heterocycles. The second-order valence-corrected chi connectivity index (χ2v) is 8.88. The summed E-state index contributed by atoms with van der Waals surface area (Å²) in [6, 6.07) is 21.2. The van der Waals surface area contributed by atoms with E-state index in [9.17, 15) is 5.26 Å². The van der Waals surface area contributed by atoms with Crippen LogP contribution in [0.2, 0.25) is 0 Å². The zero-order valence-corrected chi connectivity index (χ0v) is 17.7. The van der Waals surface area contributed by atoms with E-state index < -0.39 is 0 Å². The molecule has 4 rings (SSSR count). The molecule has 0 aliphatic carbocycles. The highest BCUT2D eigenvalue weighted by molar-refractivity contribution is 14.1. The maximum Gasteiger partial charge on any atom is 0.134 e. The van der Waals surface area contributed by atoms with Crippen molar-refractivity contribution in [1.82, 2.24) is 4.90 Å². The Hall–Kier alpha value is -2.01. The summed E-state index contributed by atoms with van der Waals surface area (Å²) in [7, 11) is 0. The first kappa shape index (κ1) is 18.4. The Labute approximate surface area is 177 Å². The first-order chi connectivity index (χ1) is 13.2. The maximum atomic E-state index is 9.67. The average Bonchev–Trinajstić information content (AvgIpc) is 3.04. The molecule has 2 heterocycles. The van der Waals surface area contributed by atoms with Crippen LogP contribution in [-0.4, -0.2) is 17.7 Å². The third-order valence-electron chi connectivity index (χ3n) is 4.66. The van der Waals surface area contributed by atoms with Gasteiger partial charge in [-0.2, -0.15) is 5.26 Å². The van der Waals surface area contributed by atoms with Crippen molar-refractivity contribution >= 4 is 45.1 Å². The lowest BCUT2D eigenvalue weighted by atomic mass is 10.0. The normalized spacial score (nSPS) is 14.2. The summed E-state index contributed by atoms with van der Waals surface area (Å²) in [4.78, 5) is 8.38. The minimum Gasteiger partial charge on any atom is -0.294 e. The van der Waals surface area contributed by atoms with Crippen LogP contribution in [0, 0.1) is 14.9 Å². The molecular weight excluding hydrogens is 465 g/mol. The van der Waals surface area contributed by atoms with Crippen molar-refractivity contribution in [3.05, 3.63) is 85.3 Å². The Morgan fingerprint density at radius 2 is 2.04 bits per heavy atom. The van der Waals surface area contributed by atoms with Gasteiger partial charge in [0.25, 0.3) is 0 Å². The molecule has 0 bridgehead atoms. The number of hydrogen-bond acceptors (Lipinski definition) is 4. The first-order valence-electron chi connectivity index (χ1n) is 8.83. The van der Waals surface area contributed by atoms with E-state index in [0.717, 1.165) is 42.2 Å². The second-order valence-electron chi connectivity index (χ2n) is 6.56. The molecule has 1 aliphatic rings. The van der Waals surface area contributed by atoms with E-state index in [0.29, 0.717) is 0 Å². The fraction of sp³-hybridized carbons (Fsp3) is 0.182. The van der Waals surface area contributed by atoms with Crippen LogP contribution in [0.15, 0.2) is 59.6 Å². The van der Waals surface area contributed by atoms with Gasteiger partial charge in [0.1, 0.15) is 11.1 Å². The van der Waals surface area contributed by atoms with E-state index in [1.807, 2.05) is 24.4 Å². The minimum absolute atomic E-state index is 0.760. The molecule has 0 saturated heterocycles. The van der Waals surface area contributed by atoms with Crippen LogP contribution in [0.1, 0.15) is 27.1 Å². The fourth-order valence-corrected chi connectivity index (χ4v) is 5.10. The lowest BCUT2D eigenvalue weighted by Crippen LogP contribution is -2.29. The standard InChI is InChI=1S/C22H18IN3S/c23-18-8-4-7-17(11-18)13-25-22-20(12-24)19-9-10-26(15-21(19)27-22)14-16-5-2-1-3-6-16/h1-8,11,13H,9-10,14-15H2/b25-13-. The van der Waals surface area contributed by atoms with E-state index in [1.165, 1.54) is 19.6 Å². The van der Waals surface area contributed by atoms with Gasteiger partial charge in [-0.15, -0.1) is 11.3 Å². The third kappa shape index (κ3) is 4.29. The van der Waals surface area contributed by atoms with Crippen molar-refractivity contribution in [2.75, 3.05) is 6.54 Å². The average molecular weight is 483 g/mol. The second kappa shape index (κ2) is 8.34. The van der Waals surface area contributed by atoms with Gasteiger partial charge < -0.3 is 0 Å². The van der Waals surface area contributed by atoms with Gasteiger partial charge in [0.2, 0.25) is 0 Å². The lowest BCUT2D eigenvalue weighted by molar-refractivity contribution is 0.249. The highest BCUT2D eigenvalue weighted by Gasteiger charge is 2.24. The molecule has 0 saturated carbocycles. The Kier molecular flexibility index (Phi) is 5.67. The Balaban J connectivity index is 1.55. The summed E-state index contributed by atoms with van der Waals surface area (Å²) in [5, 5.41) is 10.5. The van der Waals surface area contributed by atoms with Crippen LogP contribution in [0.5, 0.6) is 0 Å². The molecule has 0 radical (unpaired) electrons. The molecule has 0 spiro atoms. The van der Waals surface area contributed by atoms with E-state index in [-0.39, 0.29) is 0 Å². The number of rotatable bonds is 4. The number of benzene rings is 2. The van der Waals surface area contributed by atoms with Crippen LogP contribution in [-0.2, 0) is 19.5 Å². The zero-order valence-electron chi connectivity index (χ0n) is 14.7. The molecule has 0 amide bonds. The minimum atomic E-state index is 0.760. The van der Waals surface area contributed by atoms with E-state index in [1.54, 1.807) is 11.3 Å². The van der Waals surface area contributed by atoms with Gasteiger partial charge in [0, 0.05) is 34.3 Å². The van der Waals surface area contributed by atoms with Crippen molar-refractivity contribution in [3.63, 3.8) is 0 Å². The van der Waals surface area contributed by atoms with Crippen molar-refractivity contribution in [3.8, 4) is 6.07 Å². The molecule has 0 unspecified atom stereocenters. The first-order valence-corrected chi connectivity index (χ1v) is 10.7. The number of fused-ring (bicyclic) bond motifs is 1. The number of thiophene rings is 1. The summed E-state index contributed by atoms with van der Waals surface area (Å²) >= 11 is 3.96. The molecule has 0 N–H and O–H groups in total. The van der Waals surface area contributed by atoms with Crippen LogP contribution in [0.25, 0.3) is 0 Å². The van der Waals surface area contributed by atoms with Crippen LogP contribution < -0.4 is 0 Å². The summed E-state index contributed by atoms with van der Waals surface area (Å²) in [5.74, 6) is 0. The van der Waals surface area contributed by atoms with Gasteiger partial charge in [0.15, 0.2) is 0 Å². The van der Waals surface area contributed by atoms with Crippen LogP contribution >= 0.6 is 33.9 Å². The Morgan fingerprint density at radius 3 is 2.81 bits per heavy atom. The van der Waals surface area contributed by atoms with E-state index >= 15 is 0 Å². The summed E-state index contributed by atoms with van der Waals surface area (Å²) in [6.45, 7) is 2.82. The number of nitrogens with zero attached hydrogens (tertiary/aromatic N) is 3. The van der Waals surface area contributed by atoms with Gasteiger partial charge in [0.05, 0.1) is 5.56 Å². The summed E-state index contributed by atoms with van der Waals surface area (Å²) in [6.07, 6.45) is 2.78. The molecule has 2 aromatic carbocycles. The quantitative estimate of drug-likeness (QED) is 0.362. The van der Waals surface area contributed by atoms with Gasteiger partial charge in [-0.05, 0) is 57.8 Å². The van der Waals surface area contributed by atoms with Crippen molar-refractivity contribution in [2.24, 2.45) is 4.99 Å². The maximum absolute atomic E-state index is 9.67. The monoisotopic (exact) mass is 483 g/mol. The highest BCUT2D eigenvalue weighted by Crippen LogP contribution is 2.38. The fourth-order valence-electron chi connectivity index (χ4n) is 3.34. The lowest BCUT2D eigenvalue weighted by Gasteiger charge is -2.26. The molecule has 1 aromatic heterocycles. The predicted molar refractivity (Wildman–Crippen MR) is 120 cm³/mol. The topological polar surface area (TPSA) is 39.4 Å². The number of hydrogen-bond donors (Lipinski definition) is 0.